The van der Waals surface area contributed by atoms with Crippen molar-refractivity contribution in [3.05, 3.63) is 23.8 Å². The van der Waals surface area contributed by atoms with Crippen molar-refractivity contribution in [1.82, 2.24) is 0 Å². The second-order valence-electron chi connectivity index (χ2n) is 5.11. The van der Waals surface area contributed by atoms with Crippen molar-refractivity contribution in [2.45, 2.75) is 25.2 Å². The van der Waals surface area contributed by atoms with Gasteiger partial charge in [-0.1, -0.05) is 0 Å². The molecule has 17 heavy (non-hydrogen) atoms. The second kappa shape index (κ2) is 4.57. The van der Waals surface area contributed by atoms with E-state index >= 15 is 0 Å². The van der Waals surface area contributed by atoms with Crippen LogP contribution in [0.1, 0.15) is 30.7 Å². The molecule has 2 aliphatic rings. The van der Waals surface area contributed by atoms with Crippen LogP contribution in [-0.2, 0) is 4.74 Å². The summed E-state index contributed by atoms with van der Waals surface area (Å²) < 4.78 is 11.3. The Bertz CT molecular complexity index is 395. The molecule has 1 aromatic rings. The quantitative estimate of drug-likeness (QED) is 0.813. The Hall–Kier alpha value is -1.22. The van der Waals surface area contributed by atoms with Gasteiger partial charge in [0.2, 0.25) is 0 Å². The van der Waals surface area contributed by atoms with E-state index in [1.165, 1.54) is 18.4 Å². The Balaban J connectivity index is 1.68. The van der Waals surface area contributed by atoms with Gasteiger partial charge < -0.3 is 15.2 Å². The molecule has 0 spiro atoms. The fourth-order valence-corrected chi connectivity index (χ4v) is 2.33. The van der Waals surface area contributed by atoms with E-state index in [9.17, 15) is 0 Å². The average molecular weight is 233 g/mol. The van der Waals surface area contributed by atoms with Gasteiger partial charge in [-0.15, -0.1) is 0 Å². The summed E-state index contributed by atoms with van der Waals surface area (Å²) >= 11 is 0. The fourth-order valence-electron chi connectivity index (χ4n) is 2.33. The van der Waals surface area contributed by atoms with Crippen LogP contribution in [0.3, 0.4) is 0 Å². The van der Waals surface area contributed by atoms with Crippen molar-refractivity contribution in [3.8, 4) is 5.75 Å². The van der Waals surface area contributed by atoms with E-state index < -0.39 is 0 Å². The molecule has 1 aliphatic carbocycles. The average Bonchev–Trinajstić information content (AvgIpc) is 3.05. The fraction of sp³-hybridized carbons (Fsp3) is 0.571. The minimum absolute atomic E-state index is 0.555. The normalized spacial score (nSPS) is 23.9. The Morgan fingerprint density at radius 3 is 2.88 bits per heavy atom. The van der Waals surface area contributed by atoms with Crippen LogP contribution in [0.2, 0.25) is 0 Å². The van der Waals surface area contributed by atoms with Crippen molar-refractivity contribution < 1.29 is 9.47 Å². The number of ether oxygens (including phenoxy) is 2. The topological polar surface area (TPSA) is 44.5 Å². The summed E-state index contributed by atoms with van der Waals surface area (Å²) in [7, 11) is 0. The summed E-state index contributed by atoms with van der Waals surface area (Å²) in [4.78, 5) is 0. The first kappa shape index (κ1) is 10.9. The molecular weight excluding hydrogens is 214 g/mol. The zero-order valence-electron chi connectivity index (χ0n) is 10.0. The molecule has 1 saturated carbocycles. The van der Waals surface area contributed by atoms with Crippen LogP contribution in [0, 0.1) is 5.92 Å². The number of hydrogen-bond acceptors (Lipinski definition) is 3. The molecule has 0 amide bonds. The summed E-state index contributed by atoms with van der Waals surface area (Å²) in [6.07, 6.45) is 3.66. The lowest BCUT2D eigenvalue weighted by Crippen LogP contribution is -2.12. The number of nitrogen functional groups attached to an aromatic ring is 1. The molecule has 0 radical (unpaired) electrons. The highest BCUT2D eigenvalue weighted by atomic mass is 16.5. The van der Waals surface area contributed by atoms with E-state index in [0.717, 1.165) is 37.7 Å². The van der Waals surface area contributed by atoms with Gasteiger partial charge in [-0.2, -0.15) is 0 Å². The molecule has 3 nitrogen and oxygen atoms in total. The summed E-state index contributed by atoms with van der Waals surface area (Å²) in [5.41, 5.74) is 7.97. The molecule has 0 aromatic heterocycles. The van der Waals surface area contributed by atoms with Gasteiger partial charge in [0.1, 0.15) is 5.75 Å². The van der Waals surface area contributed by atoms with Crippen LogP contribution in [0.15, 0.2) is 18.2 Å². The zero-order chi connectivity index (χ0) is 11.7. The lowest BCUT2D eigenvalue weighted by atomic mass is 10.1. The van der Waals surface area contributed by atoms with E-state index in [1.807, 2.05) is 12.1 Å². The third kappa shape index (κ3) is 2.55. The molecule has 2 fully saturated rings. The molecule has 3 rings (SSSR count). The van der Waals surface area contributed by atoms with Crippen molar-refractivity contribution in [2.75, 3.05) is 25.6 Å². The van der Waals surface area contributed by atoms with Crippen molar-refractivity contribution in [1.29, 1.82) is 0 Å². The molecule has 1 saturated heterocycles. The Kier molecular flexibility index (Phi) is 2.93. The van der Waals surface area contributed by atoms with E-state index in [0.29, 0.717) is 11.8 Å². The molecule has 0 bridgehead atoms. The Morgan fingerprint density at radius 1 is 1.29 bits per heavy atom. The number of anilines is 1. The predicted molar refractivity (Wildman–Crippen MR) is 67.3 cm³/mol. The molecule has 1 atom stereocenters. The number of rotatable bonds is 4. The number of nitrogens with two attached hydrogens (primary N) is 1. The van der Waals surface area contributed by atoms with E-state index in [-0.39, 0.29) is 0 Å². The first-order valence-corrected chi connectivity index (χ1v) is 6.43. The van der Waals surface area contributed by atoms with Gasteiger partial charge in [-0.3, -0.25) is 0 Å². The largest absolute Gasteiger partial charge is 0.493 e. The first-order chi connectivity index (χ1) is 8.33. The van der Waals surface area contributed by atoms with Crippen LogP contribution in [0.5, 0.6) is 5.75 Å². The zero-order valence-corrected chi connectivity index (χ0v) is 10.0. The standard InChI is InChI=1S/C14H19NO2/c15-12-3-4-14(13(7-12)11-1-2-11)17-9-10-5-6-16-8-10/h3-4,7,10-11H,1-2,5-6,8-9,15H2. The van der Waals surface area contributed by atoms with Crippen LogP contribution >= 0.6 is 0 Å². The highest BCUT2D eigenvalue weighted by Crippen LogP contribution is 2.45. The maximum absolute atomic E-state index is 5.94. The third-order valence-electron chi connectivity index (χ3n) is 3.55. The highest BCUT2D eigenvalue weighted by molar-refractivity contribution is 5.50. The molecule has 2 N–H and O–H groups in total. The maximum atomic E-state index is 5.94. The van der Waals surface area contributed by atoms with Gasteiger partial charge in [-0.05, 0) is 48.9 Å². The van der Waals surface area contributed by atoms with Gasteiger partial charge in [0, 0.05) is 18.2 Å². The summed E-state index contributed by atoms with van der Waals surface area (Å²) in [6, 6.07) is 6.00. The smallest absolute Gasteiger partial charge is 0.122 e. The SMILES string of the molecule is Nc1ccc(OCC2CCOC2)c(C2CC2)c1. The minimum atomic E-state index is 0.555. The Morgan fingerprint density at radius 2 is 2.18 bits per heavy atom. The lowest BCUT2D eigenvalue weighted by Gasteiger charge is -2.14. The molecule has 92 valence electrons. The summed E-state index contributed by atoms with van der Waals surface area (Å²) in [5.74, 6) is 2.25. The van der Waals surface area contributed by atoms with Crippen LogP contribution in [-0.4, -0.2) is 19.8 Å². The van der Waals surface area contributed by atoms with Crippen LogP contribution in [0.25, 0.3) is 0 Å². The van der Waals surface area contributed by atoms with Crippen LogP contribution < -0.4 is 10.5 Å². The van der Waals surface area contributed by atoms with Gasteiger partial charge in [0.15, 0.2) is 0 Å². The highest BCUT2D eigenvalue weighted by Gasteiger charge is 2.27. The van der Waals surface area contributed by atoms with E-state index in [2.05, 4.69) is 6.07 Å². The number of benzene rings is 1. The molecule has 1 heterocycles. The molecule has 1 aromatic carbocycles. The van der Waals surface area contributed by atoms with E-state index in [1.54, 1.807) is 0 Å². The van der Waals surface area contributed by atoms with Gasteiger partial charge in [-0.25, -0.2) is 0 Å². The molecule has 3 heteroatoms. The second-order valence-corrected chi connectivity index (χ2v) is 5.11. The molecular formula is C14H19NO2. The summed E-state index contributed by atoms with van der Waals surface area (Å²) in [5, 5.41) is 0. The maximum Gasteiger partial charge on any atom is 0.122 e. The number of hydrogen-bond donors (Lipinski definition) is 1. The minimum Gasteiger partial charge on any atom is -0.493 e. The van der Waals surface area contributed by atoms with Gasteiger partial charge >= 0.3 is 0 Å². The van der Waals surface area contributed by atoms with E-state index in [4.69, 9.17) is 15.2 Å². The van der Waals surface area contributed by atoms with Gasteiger partial charge in [0.25, 0.3) is 0 Å². The summed E-state index contributed by atoms with van der Waals surface area (Å²) in [6.45, 7) is 2.49. The van der Waals surface area contributed by atoms with Crippen molar-refractivity contribution in [3.63, 3.8) is 0 Å². The van der Waals surface area contributed by atoms with Crippen LogP contribution in [0.4, 0.5) is 5.69 Å². The molecule has 1 aliphatic heterocycles. The first-order valence-electron chi connectivity index (χ1n) is 6.43. The Labute approximate surface area is 102 Å². The predicted octanol–water partition coefficient (Wildman–Crippen LogP) is 2.56. The van der Waals surface area contributed by atoms with Crippen molar-refractivity contribution in [2.24, 2.45) is 5.92 Å². The lowest BCUT2D eigenvalue weighted by molar-refractivity contribution is 0.167. The van der Waals surface area contributed by atoms with Crippen molar-refractivity contribution >= 4 is 5.69 Å². The van der Waals surface area contributed by atoms with Gasteiger partial charge in [0.05, 0.1) is 13.2 Å². The molecule has 1 unspecified atom stereocenters. The third-order valence-corrected chi connectivity index (χ3v) is 3.55. The monoisotopic (exact) mass is 233 g/mol.